The van der Waals surface area contributed by atoms with Crippen LogP contribution in [0.2, 0.25) is 0 Å². The summed E-state index contributed by atoms with van der Waals surface area (Å²) in [5, 5.41) is 11.3. The Balaban J connectivity index is 1.91. The lowest BCUT2D eigenvalue weighted by atomic mass is 10.1. The van der Waals surface area contributed by atoms with Crippen LogP contribution in [0.15, 0.2) is 65.6 Å². The molecule has 0 fully saturated rings. The maximum Gasteiger partial charge on any atom is 0.303 e. The number of aliphatic carboxylic acids is 1. The number of carbonyl (C=O) groups is 2. The molecule has 2 aromatic carbocycles. The van der Waals surface area contributed by atoms with Crippen LogP contribution in [0, 0.1) is 0 Å². The van der Waals surface area contributed by atoms with Crippen molar-refractivity contribution < 1.29 is 14.7 Å². The van der Waals surface area contributed by atoms with Crippen LogP contribution in [0.25, 0.3) is 0 Å². The maximum atomic E-state index is 12.7. The van der Waals surface area contributed by atoms with Gasteiger partial charge in [-0.1, -0.05) is 55.0 Å². The Hall–Kier alpha value is -2.27. The van der Waals surface area contributed by atoms with Crippen molar-refractivity contribution >= 4 is 23.6 Å². The lowest BCUT2D eigenvalue weighted by Crippen LogP contribution is -2.28. The van der Waals surface area contributed by atoms with Gasteiger partial charge in [-0.15, -0.1) is 11.8 Å². The van der Waals surface area contributed by atoms with E-state index >= 15 is 0 Å². The van der Waals surface area contributed by atoms with Crippen LogP contribution in [-0.2, 0) is 9.59 Å². The van der Waals surface area contributed by atoms with E-state index in [1.165, 1.54) is 11.8 Å². The number of hydrogen-bond acceptors (Lipinski definition) is 3. The van der Waals surface area contributed by atoms with Crippen molar-refractivity contribution in [2.75, 3.05) is 6.54 Å². The van der Waals surface area contributed by atoms with Crippen molar-refractivity contribution in [3.63, 3.8) is 0 Å². The van der Waals surface area contributed by atoms with E-state index in [2.05, 4.69) is 5.32 Å². The first kappa shape index (κ1) is 19.1. The summed E-state index contributed by atoms with van der Waals surface area (Å²) in [6.07, 6.45) is 2.42. The average Bonchev–Trinajstić information content (AvgIpc) is 2.63. The zero-order valence-corrected chi connectivity index (χ0v) is 14.9. The predicted molar refractivity (Wildman–Crippen MR) is 101 cm³/mol. The van der Waals surface area contributed by atoms with Gasteiger partial charge in [0, 0.05) is 17.9 Å². The molecule has 2 N–H and O–H groups in total. The van der Waals surface area contributed by atoms with Crippen molar-refractivity contribution in [1.29, 1.82) is 0 Å². The highest BCUT2D eigenvalue weighted by molar-refractivity contribution is 8.00. The molecule has 0 radical (unpaired) electrons. The molecule has 1 unspecified atom stereocenters. The van der Waals surface area contributed by atoms with Gasteiger partial charge in [-0.3, -0.25) is 9.59 Å². The van der Waals surface area contributed by atoms with E-state index in [9.17, 15) is 9.59 Å². The van der Waals surface area contributed by atoms with Crippen LogP contribution < -0.4 is 5.32 Å². The van der Waals surface area contributed by atoms with Gasteiger partial charge in [-0.05, 0) is 30.5 Å². The highest BCUT2D eigenvalue weighted by atomic mass is 32.2. The molecule has 2 rings (SSSR count). The number of carboxylic acid groups (broad SMARTS) is 1. The number of carbonyl (C=O) groups excluding carboxylic acids is 1. The standard InChI is InChI=1S/C20H23NO3S/c22-18(23)14-8-3-9-15-21-20(24)19(16-10-4-1-5-11-16)25-17-12-6-2-7-13-17/h1-2,4-7,10-13,19H,3,8-9,14-15H2,(H,21,24)(H,22,23). The monoisotopic (exact) mass is 357 g/mol. The van der Waals surface area contributed by atoms with Crippen molar-refractivity contribution in [3.8, 4) is 0 Å². The highest BCUT2D eigenvalue weighted by Crippen LogP contribution is 2.35. The fourth-order valence-corrected chi connectivity index (χ4v) is 3.49. The van der Waals surface area contributed by atoms with E-state index in [4.69, 9.17) is 5.11 Å². The van der Waals surface area contributed by atoms with Crippen molar-refractivity contribution in [1.82, 2.24) is 5.32 Å². The van der Waals surface area contributed by atoms with Gasteiger partial charge in [0.25, 0.3) is 0 Å². The summed E-state index contributed by atoms with van der Waals surface area (Å²) in [5.41, 5.74) is 0.972. The number of carboxylic acids is 1. The second-order valence-electron chi connectivity index (χ2n) is 5.72. The Morgan fingerprint density at radius 3 is 2.20 bits per heavy atom. The normalized spacial score (nSPS) is 11.7. The summed E-state index contributed by atoms with van der Waals surface area (Å²) in [4.78, 5) is 24.2. The molecule has 132 valence electrons. The molecule has 0 heterocycles. The molecule has 1 amide bonds. The second kappa shape index (κ2) is 10.6. The molecule has 0 aliphatic carbocycles. The molecule has 2 aromatic rings. The third kappa shape index (κ3) is 7.01. The molecule has 1 atom stereocenters. The lowest BCUT2D eigenvalue weighted by Gasteiger charge is -2.17. The zero-order valence-electron chi connectivity index (χ0n) is 14.1. The molecule has 0 aliphatic rings. The van der Waals surface area contributed by atoms with Gasteiger partial charge >= 0.3 is 5.97 Å². The van der Waals surface area contributed by atoms with E-state index < -0.39 is 5.97 Å². The Labute approximate surface area is 152 Å². The molecule has 0 spiro atoms. The minimum absolute atomic E-state index is 0.0155. The zero-order chi connectivity index (χ0) is 17.9. The third-order valence-corrected chi connectivity index (χ3v) is 4.97. The largest absolute Gasteiger partial charge is 0.481 e. The first-order chi connectivity index (χ1) is 12.2. The van der Waals surface area contributed by atoms with E-state index in [0.717, 1.165) is 23.3 Å². The van der Waals surface area contributed by atoms with Crippen LogP contribution in [0.3, 0.4) is 0 Å². The molecular formula is C20H23NO3S. The minimum atomic E-state index is -0.771. The summed E-state index contributed by atoms with van der Waals surface area (Å²) >= 11 is 1.53. The van der Waals surface area contributed by atoms with Gasteiger partial charge < -0.3 is 10.4 Å². The van der Waals surface area contributed by atoms with Crippen LogP contribution >= 0.6 is 11.8 Å². The molecule has 25 heavy (non-hydrogen) atoms. The van der Waals surface area contributed by atoms with Gasteiger partial charge in [-0.25, -0.2) is 0 Å². The number of rotatable bonds is 10. The Bertz CT molecular complexity index is 661. The first-order valence-corrected chi connectivity index (χ1v) is 9.31. The molecule has 0 aromatic heterocycles. The summed E-state index contributed by atoms with van der Waals surface area (Å²) in [7, 11) is 0. The number of nitrogens with one attached hydrogen (secondary N) is 1. The topological polar surface area (TPSA) is 66.4 Å². The molecule has 5 heteroatoms. The van der Waals surface area contributed by atoms with Crippen molar-refractivity contribution in [3.05, 3.63) is 66.2 Å². The van der Waals surface area contributed by atoms with E-state index in [0.29, 0.717) is 13.0 Å². The maximum absolute atomic E-state index is 12.7. The summed E-state index contributed by atoms with van der Waals surface area (Å²) in [5.74, 6) is -0.786. The van der Waals surface area contributed by atoms with E-state index in [-0.39, 0.29) is 17.6 Å². The SMILES string of the molecule is O=C(O)CCCCCNC(=O)C(Sc1ccccc1)c1ccccc1. The molecule has 0 saturated carbocycles. The summed E-state index contributed by atoms with van der Waals surface area (Å²) in [6.45, 7) is 0.567. The number of benzene rings is 2. The third-order valence-electron chi connectivity index (χ3n) is 3.70. The van der Waals surface area contributed by atoms with E-state index in [1.54, 1.807) is 0 Å². The lowest BCUT2D eigenvalue weighted by molar-refractivity contribution is -0.137. The smallest absolute Gasteiger partial charge is 0.303 e. The quantitative estimate of drug-likeness (QED) is 0.492. The Morgan fingerprint density at radius 1 is 0.920 bits per heavy atom. The molecule has 4 nitrogen and oxygen atoms in total. The van der Waals surface area contributed by atoms with E-state index in [1.807, 2.05) is 60.7 Å². The second-order valence-corrected chi connectivity index (χ2v) is 6.90. The van der Waals surface area contributed by atoms with Gasteiger partial charge in [0.05, 0.1) is 0 Å². The Kier molecular flexibility index (Phi) is 8.05. The molecule has 0 saturated heterocycles. The van der Waals surface area contributed by atoms with Gasteiger partial charge in [0.15, 0.2) is 0 Å². The number of unbranched alkanes of at least 4 members (excludes halogenated alkanes) is 2. The van der Waals surface area contributed by atoms with Gasteiger partial charge in [0.1, 0.15) is 5.25 Å². The molecule has 0 bridgehead atoms. The highest BCUT2D eigenvalue weighted by Gasteiger charge is 2.21. The van der Waals surface area contributed by atoms with Crippen LogP contribution in [0.5, 0.6) is 0 Å². The number of hydrogen-bond donors (Lipinski definition) is 2. The first-order valence-electron chi connectivity index (χ1n) is 8.43. The fourth-order valence-electron chi connectivity index (χ4n) is 2.42. The predicted octanol–water partition coefficient (Wildman–Crippen LogP) is 4.28. The number of thioether (sulfide) groups is 1. The van der Waals surface area contributed by atoms with Crippen LogP contribution in [-0.4, -0.2) is 23.5 Å². The summed E-state index contributed by atoms with van der Waals surface area (Å²) < 4.78 is 0. The van der Waals surface area contributed by atoms with Crippen molar-refractivity contribution in [2.45, 2.75) is 35.8 Å². The van der Waals surface area contributed by atoms with Crippen molar-refractivity contribution in [2.24, 2.45) is 0 Å². The Morgan fingerprint density at radius 2 is 1.56 bits per heavy atom. The van der Waals surface area contributed by atoms with Gasteiger partial charge in [-0.2, -0.15) is 0 Å². The fraction of sp³-hybridized carbons (Fsp3) is 0.300. The number of amides is 1. The molecule has 0 aliphatic heterocycles. The van der Waals surface area contributed by atoms with Gasteiger partial charge in [0.2, 0.25) is 5.91 Å². The average molecular weight is 357 g/mol. The van der Waals surface area contributed by atoms with Crippen LogP contribution in [0.4, 0.5) is 0 Å². The van der Waals surface area contributed by atoms with Crippen LogP contribution in [0.1, 0.15) is 36.5 Å². The minimum Gasteiger partial charge on any atom is -0.481 e. The molecular weight excluding hydrogens is 334 g/mol. The summed E-state index contributed by atoms with van der Waals surface area (Å²) in [6, 6.07) is 19.6.